The number of carbonyl (C=O) groups excluding carboxylic acids is 2. The molecular formula is C32H47FN4O4. The number of amides is 2. The van der Waals surface area contributed by atoms with E-state index < -0.39 is 17.3 Å². The average Bonchev–Trinajstić information content (AvgIpc) is 2.84. The molecule has 8 nitrogen and oxygen atoms in total. The maximum Gasteiger partial charge on any atom is 0.410 e. The summed E-state index contributed by atoms with van der Waals surface area (Å²) in [5.41, 5.74) is 2.98. The molecule has 9 heteroatoms. The molecule has 1 saturated heterocycles. The van der Waals surface area contributed by atoms with Gasteiger partial charge < -0.3 is 24.8 Å². The highest BCUT2D eigenvalue weighted by molar-refractivity contribution is 5.97. The van der Waals surface area contributed by atoms with E-state index in [1.54, 1.807) is 4.90 Å². The zero-order chi connectivity index (χ0) is 30.6. The van der Waals surface area contributed by atoms with Gasteiger partial charge in [0.25, 0.3) is 11.5 Å². The maximum absolute atomic E-state index is 15.0. The van der Waals surface area contributed by atoms with E-state index in [1.165, 1.54) is 12.1 Å². The fourth-order valence-corrected chi connectivity index (χ4v) is 6.03. The largest absolute Gasteiger partial charge is 0.444 e. The number of nitrogens with zero attached hydrogens (tertiary/aromatic N) is 2. The van der Waals surface area contributed by atoms with Gasteiger partial charge in [-0.05, 0) is 104 Å². The first-order valence-electron chi connectivity index (χ1n) is 14.7. The molecule has 2 aromatic rings. The molecule has 2 amide bonds. The van der Waals surface area contributed by atoms with Gasteiger partial charge in [-0.15, -0.1) is 0 Å². The second kappa shape index (κ2) is 13.1. The van der Waals surface area contributed by atoms with E-state index in [4.69, 9.17) is 4.74 Å². The summed E-state index contributed by atoms with van der Waals surface area (Å²) < 4.78 is 20.7. The van der Waals surface area contributed by atoms with Gasteiger partial charge in [0.05, 0.1) is 0 Å². The van der Waals surface area contributed by atoms with Gasteiger partial charge in [0.15, 0.2) is 0 Å². The second-order valence-corrected chi connectivity index (χ2v) is 12.3. The molecular weight excluding hydrogens is 523 g/mol. The van der Waals surface area contributed by atoms with Crippen LogP contribution in [-0.4, -0.2) is 52.2 Å². The lowest BCUT2D eigenvalue weighted by molar-refractivity contribution is -0.00252. The molecule has 3 rings (SSSR count). The molecule has 1 aromatic heterocycles. The number of rotatable bonds is 8. The summed E-state index contributed by atoms with van der Waals surface area (Å²) in [6.07, 6.45) is 2.65. The van der Waals surface area contributed by atoms with Crippen molar-refractivity contribution < 1.29 is 18.7 Å². The number of likely N-dealkylation sites (tertiary alicyclic amines) is 1. The van der Waals surface area contributed by atoms with Crippen LogP contribution in [0.1, 0.15) is 100 Å². The first kappa shape index (κ1) is 32.2. The van der Waals surface area contributed by atoms with Crippen molar-refractivity contribution in [2.45, 2.75) is 118 Å². The van der Waals surface area contributed by atoms with Crippen molar-refractivity contribution in [3.8, 4) is 0 Å². The predicted octanol–water partition coefficient (Wildman–Crippen LogP) is 6.02. The number of aromatic amines is 1. The van der Waals surface area contributed by atoms with Gasteiger partial charge in [0, 0.05) is 53.7 Å². The fourth-order valence-electron chi connectivity index (χ4n) is 6.03. The molecule has 1 aromatic carbocycles. The summed E-state index contributed by atoms with van der Waals surface area (Å²) in [4.78, 5) is 45.6. The minimum absolute atomic E-state index is 0.0443. The fraction of sp³-hybridized carbons (Fsp3) is 0.594. The molecule has 2 heterocycles. The molecule has 0 saturated carbocycles. The number of carbonyl (C=O) groups is 2. The van der Waals surface area contributed by atoms with Crippen molar-refractivity contribution in [1.29, 1.82) is 0 Å². The first-order chi connectivity index (χ1) is 19.2. The summed E-state index contributed by atoms with van der Waals surface area (Å²) in [5.74, 6) is -0.926. The maximum atomic E-state index is 15.0. The van der Waals surface area contributed by atoms with Gasteiger partial charge in [-0.25, -0.2) is 9.18 Å². The smallest absolute Gasteiger partial charge is 0.410 e. The molecule has 1 aliphatic heterocycles. The molecule has 0 aliphatic carbocycles. The van der Waals surface area contributed by atoms with Crippen molar-refractivity contribution in [2.24, 2.45) is 0 Å². The van der Waals surface area contributed by atoms with E-state index in [0.29, 0.717) is 36.2 Å². The molecule has 0 spiro atoms. The minimum atomic E-state index is -0.580. The van der Waals surface area contributed by atoms with Crippen molar-refractivity contribution in [1.82, 2.24) is 15.2 Å². The first-order valence-corrected chi connectivity index (χ1v) is 14.7. The summed E-state index contributed by atoms with van der Waals surface area (Å²) in [5, 5.41) is 2.85. The highest BCUT2D eigenvalue weighted by atomic mass is 19.1. The average molecular weight is 571 g/mol. The monoisotopic (exact) mass is 570 g/mol. The van der Waals surface area contributed by atoms with Crippen LogP contribution in [0, 0.1) is 19.7 Å². The van der Waals surface area contributed by atoms with Crippen LogP contribution in [0.5, 0.6) is 0 Å². The lowest BCUT2D eigenvalue weighted by atomic mass is 9.90. The van der Waals surface area contributed by atoms with Crippen molar-refractivity contribution >= 4 is 17.7 Å². The van der Waals surface area contributed by atoms with Gasteiger partial charge in [-0.1, -0.05) is 13.3 Å². The van der Waals surface area contributed by atoms with Crippen LogP contribution in [0.4, 0.5) is 14.9 Å². The van der Waals surface area contributed by atoms with Crippen LogP contribution in [0.15, 0.2) is 23.0 Å². The van der Waals surface area contributed by atoms with E-state index in [9.17, 15) is 14.4 Å². The number of benzene rings is 1. The molecule has 0 radical (unpaired) electrons. The third-order valence-electron chi connectivity index (χ3n) is 7.77. The number of H-pyrrole nitrogens is 1. The molecule has 2 atom stereocenters. The normalized spacial score (nSPS) is 19.2. The van der Waals surface area contributed by atoms with Crippen molar-refractivity contribution in [3.63, 3.8) is 0 Å². The van der Waals surface area contributed by atoms with Crippen LogP contribution in [0.25, 0.3) is 0 Å². The minimum Gasteiger partial charge on any atom is -0.444 e. The third kappa shape index (κ3) is 7.68. The van der Waals surface area contributed by atoms with Crippen LogP contribution in [0.3, 0.4) is 0 Å². The molecule has 2 N–H and O–H groups in total. The Balaban J connectivity index is 1.84. The van der Waals surface area contributed by atoms with E-state index in [0.717, 1.165) is 24.1 Å². The van der Waals surface area contributed by atoms with Crippen LogP contribution in [0.2, 0.25) is 0 Å². The number of anilines is 1. The quantitative estimate of drug-likeness (QED) is 0.405. The molecule has 0 bridgehead atoms. The van der Waals surface area contributed by atoms with Crippen LogP contribution in [-0.2, 0) is 17.7 Å². The van der Waals surface area contributed by atoms with Gasteiger partial charge in [0.2, 0.25) is 0 Å². The molecule has 1 aliphatic rings. The summed E-state index contributed by atoms with van der Waals surface area (Å²) in [6.45, 7) is 18.0. The number of hydrogen-bond donors (Lipinski definition) is 2. The van der Waals surface area contributed by atoms with Gasteiger partial charge in [0.1, 0.15) is 11.4 Å². The number of nitrogens with one attached hydrogen (secondary N) is 2. The number of piperidine rings is 1. The Morgan fingerprint density at radius 3 is 2.32 bits per heavy atom. The molecule has 41 heavy (non-hydrogen) atoms. The summed E-state index contributed by atoms with van der Waals surface area (Å²) in [6, 6.07) is 4.57. The number of ether oxygens (including phenoxy) is 1. The van der Waals surface area contributed by atoms with Crippen molar-refractivity contribution in [3.05, 3.63) is 62.3 Å². The number of aromatic nitrogens is 1. The SMILES string of the molecule is CCCc1cc(C)[nH]c(=O)c1CNC(=O)c1cc(F)cc(N(CC)C2CC(C)N(C(=O)OC(C)(C)C)C(C)C2)c1C. The molecule has 2 unspecified atom stereocenters. The Kier molecular flexibility index (Phi) is 10.3. The zero-order valence-electron chi connectivity index (χ0n) is 26.1. The Bertz CT molecular complexity index is 1300. The van der Waals surface area contributed by atoms with Gasteiger partial charge >= 0.3 is 6.09 Å². The summed E-state index contributed by atoms with van der Waals surface area (Å²) >= 11 is 0. The van der Waals surface area contributed by atoms with E-state index in [1.807, 2.05) is 68.4 Å². The second-order valence-electron chi connectivity index (χ2n) is 12.3. The lowest BCUT2D eigenvalue weighted by Crippen LogP contribution is -2.56. The molecule has 1 fully saturated rings. The predicted molar refractivity (Wildman–Crippen MR) is 161 cm³/mol. The Labute approximate surface area is 243 Å². The van der Waals surface area contributed by atoms with E-state index >= 15 is 4.39 Å². The Morgan fingerprint density at radius 1 is 1.12 bits per heavy atom. The topological polar surface area (TPSA) is 94.7 Å². The highest BCUT2D eigenvalue weighted by Gasteiger charge is 2.38. The lowest BCUT2D eigenvalue weighted by Gasteiger charge is -2.47. The van der Waals surface area contributed by atoms with Crippen LogP contribution < -0.4 is 15.8 Å². The van der Waals surface area contributed by atoms with E-state index in [2.05, 4.69) is 15.2 Å². The summed E-state index contributed by atoms with van der Waals surface area (Å²) in [7, 11) is 0. The number of hydrogen-bond acceptors (Lipinski definition) is 5. The standard InChI is InChI=1S/C32H47FN4O4/c1-10-12-23-13-19(3)35-30(39)27(23)18-34-29(38)26-16-24(33)17-28(22(26)6)36(11-2)25-14-20(4)37(21(5)15-25)31(40)41-32(7,8)9/h13,16-17,20-21,25H,10-12,14-15,18H2,1-9H3,(H,34,38)(H,35,39). The zero-order valence-corrected chi connectivity index (χ0v) is 26.1. The van der Waals surface area contributed by atoms with Gasteiger partial charge in [-0.2, -0.15) is 0 Å². The van der Waals surface area contributed by atoms with Gasteiger partial charge in [-0.3, -0.25) is 9.59 Å². The van der Waals surface area contributed by atoms with Crippen molar-refractivity contribution in [2.75, 3.05) is 11.4 Å². The number of pyridine rings is 1. The highest BCUT2D eigenvalue weighted by Crippen LogP contribution is 2.34. The Morgan fingerprint density at radius 2 is 1.76 bits per heavy atom. The number of halogens is 1. The number of aryl methyl sites for hydroxylation is 2. The molecule has 226 valence electrons. The van der Waals surface area contributed by atoms with E-state index in [-0.39, 0.29) is 41.9 Å². The third-order valence-corrected chi connectivity index (χ3v) is 7.77. The Hall–Kier alpha value is -3.36. The van der Waals surface area contributed by atoms with Crippen LogP contribution >= 0.6 is 0 Å².